The summed E-state index contributed by atoms with van der Waals surface area (Å²) in [4.78, 5) is 10.8. The average molecular weight is 325 g/mol. The Bertz CT molecular complexity index is 790. The molecule has 8 nitrogen and oxygen atoms in total. The fourth-order valence-electron chi connectivity index (χ4n) is 3.14. The van der Waals surface area contributed by atoms with Crippen molar-refractivity contribution in [3.63, 3.8) is 0 Å². The molecule has 1 fully saturated rings. The number of rotatable bonds is 4. The highest BCUT2D eigenvalue weighted by Gasteiger charge is 2.25. The van der Waals surface area contributed by atoms with Crippen LogP contribution in [0.15, 0.2) is 35.4 Å². The molecule has 0 spiro atoms. The summed E-state index contributed by atoms with van der Waals surface area (Å²) in [5, 5.41) is 12.3. The Morgan fingerprint density at radius 2 is 2.00 bits per heavy atom. The molecular weight excluding hydrogens is 306 g/mol. The lowest BCUT2D eigenvalue weighted by molar-refractivity contribution is 0.178. The molecule has 1 aliphatic heterocycles. The SMILES string of the molecule is Cn1cnnc1C1CCN(Cc2nc(-c3ccncc3)no2)CC1. The molecule has 0 aromatic carbocycles. The minimum absolute atomic E-state index is 0.476. The van der Waals surface area contributed by atoms with Crippen LogP contribution in [0.5, 0.6) is 0 Å². The van der Waals surface area contributed by atoms with Gasteiger partial charge in [-0.3, -0.25) is 9.88 Å². The van der Waals surface area contributed by atoms with Crippen LogP contribution in [0.1, 0.15) is 30.5 Å². The van der Waals surface area contributed by atoms with Gasteiger partial charge in [0.2, 0.25) is 11.7 Å². The molecule has 0 bridgehead atoms. The third-order valence-electron chi connectivity index (χ3n) is 4.46. The minimum Gasteiger partial charge on any atom is -0.338 e. The summed E-state index contributed by atoms with van der Waals surface area (Å²) in [7, 11) is 2.00. The van der Waals surface area contributed by atoms with Crippen molar-refractivity contribution < 1.29 is 4.52 Å². The van der Waals surface area contributed by atoms with Gasteiger partial charge in [-0.15, -0.1) is 10.2 Å². The van der Waals surface area contributed by atoms with E-state index in [1.807, 2.05) is 23.7 Å². The largest absolute Gasteiger partial charge is 0.338 e. The lowest BCUT2D eigenvalue weighted by Gasteiger charge is -2.30. The Morgan fingerprint density at radius 1 is 1.21 bits per heavy atom. The van der Waals surface area contributed by atoms with Gasteiger partial charge >= 0.3 is 0 Å². The van der Waals surface area contributed by atoms with Crippen LogP contribution in [-0.4, -0.2) is 47.9 Å². The van der Waals surface area contributed by atoms with Crippen molar-refractivity contribution in [2.75, 3.05) is 13.1 Å². The molecule has 124 valence electrons. The first-order valence-corrected chi connectivity index (χ1v) is 8.09. The zero-order chi connectivity index (χ0) is 16.4. The number of aryl methyl sites for hydroxylation is 1. The summed E-state index contributed by atoms with van der Waals surface area (Å²) >= 11 is 0. The number of nitrogens with zero attached hydrogens (tertiary/aromatic N) is 7. The van der Waals surface area contributed by atoms with E-state index in [0.29, 0.717) is 24.2 Å². The third-order valence-corrected chi connectivity index (χ3v) is 4.46. The highest BCUT2D eigenvalue weighted by molar-refractivity contribution is 5.52. The first-order valence-electron chi connectivity index (χ1n) is 8.09. The Morgan fingerprint density at radius 3 is 2.71 bits per heavy atom. The quantitative estimate of drug-likeness (QED) is 0.720. The first-order chi connectivity index (χ1) is 11.8. The summed E-state index contributed by atoms with van der Waals surface area (Å²) in [6.07, 6.45) is 7.35. The molecule has 0 amide bonds. The molecule has 0 radical (unpaired) electrons. The van der Waals surface area contributed by atoms with Gasteiger partial charge in [0.05, 0.1) is 6.54 Å². The molecule has 0 aliphatic carbocycles. The molecule has 0 unspecified atom stereocenters. The molecule has 0 N–H and O–H groups in total. The second-order valence-electron chi connectivity index (χ2n) is 6.10. The van der Waals surface area contributed by atoms with E-state index in [4.69, 9.17) is 4.52 Å². The van der Waals surface area contributed by atoms with Gasteiger partial charge in [-0.2, -0.15) is 4.98 Å². The predicted molar refractivity (Wildman–Crippen MR) is 85.8 cm³/mol. The van der Waals surface area contributed by atoms with Crippen LogP contribution >= 0.6 is 0 Å². The maximum Gasteiger partial charge on any atom is 0.241 e. The number of hydrogen-bond acceptors (Lipinski definition) is 7. The number of likely N-dealkylation sites (tertiary alicyclic amines) is 1. The van der Waals surface area contributed by atoms with E-state index in [-0.39, 0.29) is 0 Å². The van der Waals surface area contributed by atoms with Gasteiger partial charge in [0.1, 0.15) is 12.2 Å². The highest BCUT2D eigenvalue weighted by Crippen LogP contribution is 2.26. The molecule has 1 saturated heterocycles. The van der Waals surface area contributed by atoms with Crippen molar-refractivity contribution in [3.05, 3.63) is 42.6 Å². The fraction of sp³-hybridized carbons (Fsp3) is 0.438. The van der Waals surface area contributed by atoms with Gasteiger partial charge < -0.3 is 9.09 Å². The van der Waals surface area contributed by atoms with Crippen LogP contribution in [0.4, 0.5) is 0 Å². The van der Waals surface area contributed by atoms with E-state index in [1.165, 1.54) is 0 Å². The molecule has 0 saturated carbocycles. The second-order valence-corrected chi connectivity index (χ2v) is 6.10. The van der Waals surface area contributed by atoms with E-state index < -0.39 is 0 Å². The lowest BCUT2D eigenvalue weighted by Crippen LogP contribution is -2.33. The standard InChI is InChI=1S/C16H19N7O/c1-22-11-18-20-16(22)13-4-8-23(9-5-13)10-14-19-15(21-24-14)12-2-6-17-7-3-12/h2-3,6-7,11,13H,4-5,8-10H2,1H3. The van der Waals surface area contributed by atoms with Gasteiger partial charge in [0.25, 0.3) is 0 Å². The van der Waals surface area contributed by atoms with Crippen LogP contribution in [0, 0.1) is 0 Å². The second kappa shape index (κ2) is 6.48. The normalized spacial score (nSPS) is 16.5. The van der Waals surface area contributed by atoms with Gasteiger partial charge in [-0.1, -0.05) is 5.16 Å². The molecule has 3 aromatic rings. The predicted octanol–water partition coefficient (Wildman–Crippen LogP) is 1.64. The van der Waals surface area contributed by atoms with E-state index in [2.05, 4.69) is 30.2 Å². The number of pyridine rings is 1. The number of aromatic nitrogens is 6. The Hall–Kier alpha value is -2.61. The molecule has 4 rings (SSSR count). The lowest BCUT2D eigenvalue weighted by atomic mass is 9.96. The third kappa shape index (κ3) is 3.05. The summed E-state index contributed by atoms with van der Waals surface area (Å²) in [6.45, 7) is 2.67. The van der Waals surface area contributed by atoms with Crippen molar-refractivity contribution >= 4 is 0 Å². The van der Waals surface area contributed by atoms with Crippen LogP contribution in [0.25, 0.3) is 11.4 Å². The monoisotopic (exact) mass is 325 g/mol. The molecule has 3 aromatic heterocycles. The van der Waals surface area contributed by atoms with E-state index in [9.17, 15) is 0 Å². The average Bonchev–Trinajstić information content (AvgIpc) is 3.26. The number of piperidine rings is 1. The zero-order valence-corrected chi connectivity index (χ0v) is 13.5. The molecule has 8 heteroatoms. The summed E-state index contributed by atoms with van der Waals surface area (Å²) in [5.41, 5.74) is 0.918. The highest BCUT2D eigenvalue weighted by atomic mass is 16.5. The summed E-state index contributed by atoms with van der Waals surface area (Å²) in [5.74, 6) is 2.82. The van der Waals surface area contributed by atoms with Gasteiger partial charge in [0, 0.05) is 30.9 Å². The maximum absolute atomic E-state index is 5.39. The molecule has 1 aliphatic rings. The first kappa shape index (κ1) is 14.9. The fourth-order valence-corrected chi connectivity index (χ4v) is 3.14. The van der Waals surface area contributed by atoms with Crippen LogP contribution in [-0.2, 0) is 13.6 Å². The molecular formula is C16H19N7O. The van der Waals surface area contributed by atoms with Crippen LogP contribution in [0.2, 0.25) is 0 Å². The van der Waals surface area contributed by atoms with Gasteiger partial charge in [0.15, 0.2) is 0 Å². The van der Waals surface area contributed by atoms with Crippen molar-refractivity contribution in [1.29, 1.82) is 0 Å². The zero-order valence-electron chi connectivity index (χ0n) is 13.5. The van der Waals surface area contributed by atoms with E-state index >= 15 is 0 Å². The van der Waals surface area contributed by atoms with Crippen LogP contribution < -0.4 is 0 Å². The van der Waals surface area contributed by atoms with E-state index in [0.717, 1.165) is 37.3 Å². The van der Waals surface area contributed by atoms with Crippen LogP contribution in [0.3, 0.4) is 0 Å². The molecule has 24 heavy (non-hydrogen) atoms. The molecule has 4 heterocycles. The van der Waals surface area contributed by atoms with Gasteiger partial charge in [-0.05, 0) is 38.1 Å². The summed E-state index contributed by atoms with van der Waals surface area (Å²) < 4.78 is 7.40. The topological polar surface area (TPSA) is 85.8 Å². The molecule has 0 atom stereocenters. The van der Waals surface area contributed by atoms with Gasteiger partial charge in [-0.25, -0.2) is 0 Å². The Kier molecular flexibility index (Phi) is 4.04. The van der Waals surface area contributed by atoms with Crippen molar-refractivity contribution in [2.45, 2.75) is 25.3 Å². The number of hydrogen-bond donors (Lipinski definition) is 0. The smallest absolute Gasteiger partial charge is 0.241 e. The maximum atomic E-state index is 5.39. The van der Waals surface area contributed by atoms with Crippen molar-refractivity contribution in [3.8, 4) is 11.4 Å². The Balaban J connectivity index is 1.36. The van der Waals surface area contributed by atoms with E-state index in [1.54, 1.807) is 18.7 Å². The van der Waals surface area contributed by atoms with Crippen molar-refractivity contribution in [1.82, 2.24) is 34.8 Å². The minimum atomic E-state index is 0.476. The van der Waals surface area contributed by atoms with Crippen molar-refractivity contribution in [2.24, 2.45) is 7.05 Å². The Labute approximate surface area is 139 Å². The summed E-state index contributed by atoms with van der Waals surface area (Å²) in [6, 6.07) is 3.75.